The number of hydrogen-bond donors (Lipinski definition) is 0. The zero-order valence-corrected chi connectivity index (χ0v) is 8.70. The van der Waals surface area contributed by atoms with E-state index in [0.29, 0.717) is 0 Å². The molecule has 0 amide bonds. The summed E-state index contributed by atoms with van der Waals surface area (Å²) in [6, 6.07) is 9.82. The Morgan fingerprint density at radius 1 is 1.36 bits per heavy atom. The first-order valence-corrected chi connectivity index (χ1v) is 4.86. The van der Waals surface area contributed by atoms with Crippen molar-refractivity contribution >= 4 is 11.6 Å². The Labute approximate surface area is 88.1 Å². The highest BCUT2D eigenvalue weighted by Gasteiger charge is 1.97. The highest BCUT2D eigenvalue weighted by molar-refractivity contribution is 6.30. The van der Waals surface area contributed by atoms with Crippen molar-refractivity contribution < 1.29 is 0 Å². The number of aryl methyl sites for hydroxylation is 1. The molecule has 0 bridgehead atoms. The lowest BCUT2D eigenvalue weighted by atomic mass is 10.2. The van der Waals surface area contributed by atoms with E-state index in [2.05, 4.69) is 5.10 Å². The SMILES string of the molecule is Cc1ccn(Cc2cccc(Cl)c2)n1. The average molecular weight is 207 g/mol. The third kappa shape index (κ3) is 2.15. The zero-order valence-electron chi connectivity index (χ0n) is 7.94. The first kappa shape index (κ1) is 9.28. The van der Waals surface area contributed by atoms with Crippen molar-refractivity contribution in [3.05, 3.63) is 52.8 Å². The van der Waals surface area contributed by atoms with E-state index in [1.807, 2.05) is 48.1 Å². The van der Waals surface area contributed by atoms with Gasteiger partial charge in [-0.1, -0.05) is 23.7 Å². The largest absolute Gasteiger partial charge is 0.268 e. The Morgan fingerprint density at radius 3 is 2.86 bits per heavy atom. The maximum Gasteiger partial charge on any atom is 0.0659 e. The Morgan fingerprint density at radius 2 is 2.21 bits per heavy atom. The minimum Gasteiger partial charge on any atom is -0.268 e. The van der Waals surface area contributed by atoms with Crippen LogP contribution in [0.1, 0.15) is 11.3 Å². The van der Waals surface area contributed by atoms with Gasteiger partial charge in [-0.05, 0) is 30.7 Å². The van der Waals surface area contributed by atoms with Crippen molar-refractivity contribution in [1.82, 2.24) is 9.78 Å². The van der Waals surface area contributed by atoms with Crippen molar-refractivity contribution in [2.75, 3.05) is 0 Å². The van der Waals surface area contributed by atoms with Gasteiger partial charge in [0.1, 0.15) is 0 Å². The highest BCUT2D eigenvalue weighted by Crippen LogP contribution is 2.11. The quantitative estimate of drug-likeness (QED) is 0.739. The topological polar surface area (TPSA) is 17.8 Å². The van der Waals surface area contributed by atoms with Crippen LogP contribution >= 0.6 is 11.6 Å². The van der Waals surface area contributed by atoms with Crippen LogP contribution in [0.15, 0.2) is 36.5 Å². The molecular weight excluding hydrogens is 196 g/mol. The Hall–Kier alpha value is -1.28. The van der Waals surface area contributed by atoms with E-state index < -0.39 is 0 Å². The van der Waals surface area contributed by atoms with Gasteiger partial charge >= 0.3 is 0 Å². The normalized spacial score (nSPS) is 10.4. The van der Waals surface area contributed by atoms with Crippen molar-refractivity contribution in [2.24, 2.45) is 0 Å². The first-order chi connectivity index (χ1) is 6.74. The maximum atomic E-state index is 5.89. The lowest BCUT2D eigenvalue weighted by molar-refractivity contribution is 0.679. The number of benzene rings is 1. The van der Waals surface area contributed by atoms with Gasteiger partial charge in [-0.25, -0.2) is 0 Å². The standard InChI is InChI=1S/C11H11ClN2/c1-9-5-6-14(13-9)8-10-3-2-4-11(12)7-10/h2-7H,8H2,1H3. The molecule has 1 aromatic heterocycles. The molecule has 0 unspecified atom stereocenters. The number of hydrogen-bond acceptors (Lipinski definition) is 1. The fourth-order valence-electron chi connectivity index (χ4n) is 1.37. The molecule has 0 radical (unpaired) electrons. The summed E-state index contributed by atoms with van der Waals surface area (Å²) in [5.74, 6) is 0. The van der Waals surface area contributed by atoms with Gasteiger partial charge in [0.05, 0.1) is 12.2 Å². The van der Waals surface area contributed by atoms with E-state index in [4.69, 9.17) is 11.6 Å². The van der Waals surface area contributed by atoms with Gasteiger partial charge in [0.25, 0.3) is 0 Å². The van der Waals surface area contributed by atoms with Gasteiger partial charge in [0, 0.05) is 11.2 Å². The molecule has 0 saturated heterocycles. The second-order valence-corrected chi connectivity index (χ2v) is 3.72. The number of nitrogens with zero attached hydrogens (tertiary/aromatic N) is 2. The van der Waals surface area contributed by atoms with Crippen LogP contribution in [-0.4, -0.2) is 9.78 Å². The molecule has 0 fully saturated rings. The van der Waals surface area contributed by atoms with Crippen LogP contribution in [0.4, 0.5) is 0 Å². The Bertz CT molecular complexity index is 434. The van der Waals surface area contributed by atoms with Crippen LogP contribution in [0.2, 0.25) is 5.02 Å². The summed E-state index contributed by atoms with van der Waals surface area (Å²) in [6.07, 6.45) is 1.97. The molecular formula is C11H11ClN2. The average Bonchev–Trinajstić information content (AvgIpc) is 2.51. The van der Waals surface area contributed by atoms with Crippen LogP contribution in [-0.2, 0) is 6.54 Å². The van der Waals surface area contributed by atoms with Crippen molar-refractivity contribution in [2.45, 2.75) is 13.5 Å². The molecule has 72 valence electrons. The van der Waals surface area contributed by atoms with E-state index in [1.54, 1.807) is 0 Å². The second kappa shape index (κ2) is 3.84. The minimum atomic E-state index is 0.770. The monoisotopic (exact) mass is 206 g/mol. The Kier molecular flexibility index (Phi) is 2.55. The molecule has 1 aromatic carbocycles. The van der Waals surface area contributed by atoms with Crippen LogP contribution in [0.3, 0.4) is 0 Å². The number of aromatic nitrogens is 2. The summed E-state index contributed by atoms with van der Waals surface area (Å²) in [4.78, 5) is 0. The predicted molar refractivity (Wildman–Crippen MR) is 57.5 cm³/mol. The molecule has 3 heteroatoms. The van der Waals surface area contributed by atoms with E-state index in [-0.39, 0.29) is 0 Å². The lowest BCUT2D eigenvalue weighted by Gasteiger charge is -2.01. The van der Waals surface area contributed by atoms with E-state index >= 15 is 0 Å². The van der Waals surface area contributed by atoms with Crippen LogP contribution < -0.4 is 0 Å². The van der Waals surface area contributed by atoms with Gasteiger partial charge in [-0.3, -0.25) is 4.68 Å². The van der Waals surface area contributed by atoms with Crippen molar-refractivity contribution in [3.63, 3.8) is 0 Å². The summed E-state index contributed by atoms with van der Waals surface area (Å²) in [7, 11) is 0. The van der Waals surface area contributed by atoms with Crippen LogP contribution in [0.25, 0.3) is 0 Å². The van der Waals surface area contributed by atoms with Crippen molar-refractivity contribution in [3.8, 4) is 0 Å². The minimum absolute atomic E-state index is 0.770. The molecule has 2 aromatic rings. The predicted octanol–water partition coefficient (Wildman–Crippen LogP) is 2.89. The molecule has 0 saturated carbocycles. The van der Waals surface area contributed by atoms with Crippen LogP contribution in [0, 0.1) is 6.92 Å². The fourth-order valence-corrected chi connectivity index (χ4v) is 1.59. The molecule has 0 N–H and O–H groups in total. The molecule has 0 atom stereocenters. The molecule has 0 spiro atoms. The number of rotatable bonds is 2. The molecule has 14 heavy (non-hydrogen) atoms. The third-order valence-electron chi connectivity index (χ3n) is 2.01. The summed E-state index contributed by atoms with van der Waals surface area (Å²) in [5.41, 5.74) is 2.20. The number of halogens is 1. The molecule has 2 rings (SSSR count). The highest BCUT2D eigenvalue weighted by atomic mass is 35.5. The fraction of sp³-hybridized carbons (Fsp3) is 0.182. The molecule has 0 aliphatic rings. The van der Waals surface area contributed by atoms with E-state index in [0.717, 1.165) is 17.3 Å². The third-order valence-corrected chi connectivity index (χ3v) is 2.24. The molecule has 1 heterocycles. The Balaban J connectivity index is 2.18. The van der Waals surface area contributed by atoms with Gasteiger partial charge in [-0.2, -0.15) is 5.10 Å². The molecule has 0 aliphatic heterocycles. The first-order valence-electron chi connectivity index (χ1n) is 4.48. The van der Waals surface area contributed by atoms with Gasteiger partial charge in [0.2, 0.25) is 0 Å². The van der Waals surface area contributed by atoms with E-state index in [1.165, 1.54) is 5.56 Å². The van der Waals surface area contributed by atoms with Crippen LogP contribution in [0.5, 0.6) is 0 Å². The summed E-state index contributed by atoms with van der Waals surface area (Å²) in [6.45, 7) is 2.75. The lowest BCUT2D eigenvalue weighted by Crippen LogP contribution is -2.00. The van der Waals surface area contributed by atoms with Crippen molar-refractivity contribution in [1.29, 1.82) is 0 Å². The maximum absolute atomic E-state index is 5.89. The zero-order chi connectivity index (χ0) is 9.97. The van der Waals surface area contributed by atoms with Gasteiger partial charge in [0.15, 0.2) is 0 Å². The summed E-state index contributed by atoms with van der Waals surface area (Å²) >= 11 is 5.89. The molecule has 2 nitrogen and oxygen atoms in total. The summed E-state index contributed by atoms with van der Waals surface area (Å²) < 4.78 is 1.90. The molecule has 0 aliphatic carbocycles. The smallest absolute Gasteiger partial charge is 0.0659 e. The van der Waals surface area contributed by atoms with E-state index in [9.17, 15) is 0 Å². The summed E-state index contributed by atoms with van der Waals surface area (Å²) in [5, 5.41) is 5.08. The second-order valence-electron chi connectivity index (χ2n) is 3.28. The van der Waals surface area contributed by atoms with Gasteiger partial charge < -0.3 is 0 Å². The van der Waals surface area contributed by atoms with Gasteiger partial charge in [-0.15, -0.1) is 0 Å².